The summed E-state index contributed by atoms with van der Waals surface area (Å²) in [5.41, 5.74) is 5.70. The molecule has 1 aromatic carbocycles. The highest BCUT2D eigenvalue weighted by molar-refractivity contribution is 7.18. The zero-order valence-corrected chi connectivity index (χ0v) is 12.7. The van der Waals surface area contributed by atoms with E-state index in [0.29, 0.717) is 21.7 Å². The molecule has 0 aliphatic rings. The fraction of sp³-hybridized carbons (Fsp3) is 0.0769. The maximum absolute atomic E-state index is 6.09. The lowest BCUT2D eigenvalue weighted by Gasteiger charge is -2.08. The molecule has 0 aliphatic heterocycles. The molecule has 3 aromatic rings. The third-order valence-electron chi connectivity index (χ3n) is 2.60. The average molecular weight is 326 g/mol. The quantitative estimate of drug-likeness (QED) is 0.743. The van der Waals surface area contributed by atoms with Gasteiger partial charge in [0.1, 0.15) is 10.6 Å². The highest BCUT2D eigenvalue weighted by Crippen LogP contribution is 2.36. The number of hydrogen-bond donors (Lipinski definition) is 1. The van der Waals surface area contributed by atoms with Crippen molar-refractivity contribution in [3.8, 4) is 11.6 Å². The van der Waals surface area contributed by atoms with Gasteiger partial charge >= 0.3 is 0 Å². The van der Waals surface area contributed by atoms with Crippen molar-refractivity contribution in [2.24, 2.45) is 0 Å². The van der Waals surface area contributed by atoms with Crippen LogP contribution < -0.4 is 10.5 Å². The Kier molecular flexibility index (Phi) is 3.41. The van der Waals surface area contributed by atoms with E-state index in [4.69, 9.17) is 33.7 Å². The Morgan fingerprint density at radius 2 is 2.00 bits per heavy atom. The number of fused-ring (bicyclic) bond motifs is 1. The Morgan fingerprint density at radius 1 is 1.20 bits per heavy atom. The third-order valence-corrected chi connectivity index (χ3v) is 4.07. The molecule has 4 nitrogen and oxygen atoms in total. The van der Waals surface area contributed by atoms with Crippen molar-refractivity contribution in [1.82, 2.24) is 9.97 Å². The van der Waals surface area contributed by atoms with Crippen LogP contribution in [0, 0.1) is 6.92 Å². The van der Waals surface area contributed by atoms with Crippen LogP contribution >= 0.6 is 34.5 Å². The molecule has 20 heavy (non-hydrogen) atoms. The van der Waals surface area contributed by atoms with E-state index in [1.165, 1.54) is 11.3 Å². The topological polar surface area (TPSA) is 61.0 Å². The van der Waals surface area contributed by atoms with E-state index in [-0.39, 0.29) is 5.95 Å². The number of ether oxygens (including phenoxy) is 1. The minimum absolute atomic E-state index is 0.166. The minimum atomic E-state index is 0.166. The maximum atomic E-state index is 6.09. The van der Waals surface area contributed by atoms with Gasteiger partial charge in [0, 0.05) is 9.90 Å². The van der Waals surface area contributed by atoms with Crippen molar-refractivity contribution >= 4 is 50.7 Å². The summed E-state index contributed by atoms with van der Waals surface area (Å²) in [5, 5.41) is 1.77. The Bertz CT molecular complexity index is 804. The number of rotatable bonds is 2. The van der Waals surface area contributed by atoms with Crippen LogP contribution in [-0.2, 0) is 0 Å². The van der Waals surface area contributed by atoms with Gasteiger partial charge in [0.25, 0.3) is 0 Å². The van der Waals surface area contributed by atoms with E-state index in [1.807, 2.05) is 13.0 Å². The Morgan fingerprint density at radius 3 is 2.75 bits per heavy atom. The predicted octanol–water partition coefficient (Wildman–Crippen LogP) is 4.68. The molecule has 0 saturated heterocycles. The molecule has 0 bridgehead atoms. The number of nitrogens with two attached hydrogens (primary N) is 1. The number of halogens is 2. The molecule has 2 aromatic heterocycles. The lowest BCUT2D eigenvalue weighted by molar-refractivity contribution is 0.469. The zero-order valence-electron chi connectivity index (χ0n) is 10.4. The Labute approximate surface area is 129 Å². The van der Waals surface area contributed by atoms with Crippen LogP contribution in [0.1, 0.15) is 4.88 Å². The number of nitrogens with zero attached hydrogens (tertiary/aromatic N) is 2. The van der Waals surface area contributed by atoms with Gasteiger partial charge in [-0.3, -0.25) is 0 Å². The number of benzene rings is 1. The third kappa shape index (κ3) is 2.52. The summed E-state index contributed by atoms with van der Waals surface area (Å²) in [4.78, 5) is 10.2. The molecule has 0 spiro atoms. The summed E-state index contributed by atoms with van der Waals surface area (Å²) < 4.78 is 5.76. The van der Waals surface area contributed by atoms with Crippen molar-refractivity contribution in [2.75, 3.05) is 5.73 Å². The van der Waals surface area contributed by atoms with Gasteiger partial charge in [-0.05, 0) is 31.2 Å². The number of thiophene rings is 1. The van der Waals surface area contributed by atoms with Crippen molar-refractivity contribution in [1.29, 1.82) is 0 Å². The van der Waals surface area contributed by atoms with Crippen LogP contribution in [0.3, 0.4) is 0 Å². The van der Waals surface area contributed by atoms with Gasteiger partial charge in [-0.1, -0.05) is 23.2 Å². The molecule has 0 fully saturated rings. The van der Waals surface area contributed by atoms with E-state index < -0.39 is 0 Å². The largest absolute Gasteiger partial charge is 0.437 e. The summed E-state index contributed by atoms with van der Waals surface area (Å²) in [6.45, 7) is 1.99. The first-order chi connectivity index (χ1) is 9.52. The second kappa shape index (κ2) is 5.09. The molecule has 0 amide bonds. The molecule has 102 valence electrons. The molecule has 0 saturated carbocycles. The van der Waals surface area contributed by atoms with Gasteiger partial charge < -0.3 is 10.5 Å². The molecule has 2 heterocycles. The normalized spacial score (nSPS) is 10.9. The first-order valence-electron chi connectivity index (χ1n) is 5.69. The van der Waals surface area contributed by atoms with E-state index in [0.717, 1.165) is 15.1 Å². The van der Waals surface area contributed by atoms with E-state index >= 15 is 0 Å². The maximum Gasteiger partial charge on any atom is 0.232 e. The van der Waals surface area contributed by atoms with Crippen LogP contribution in [0.25, 0.3) is 10.2 Å². The molecule has 2 N–H and O–H groups in total. The van der Waals surface area contributed by atoms with Crippen LogP contribution in [0.4, 0.5) is 5.95 Å². The van der Waals surface area contributed by atoms with Crippen molar-refractivity contribution in [3.63, 3.8) is 0 Å². The molecular formula is C13H9Cl2N3OS. The highest BCUT2D eigenvalue weighted by atomic mass is 35.5. The number of nitrogen functional groups attached to an aromatic ring is 1. The van der Waals surface area contributed by atoms with E-state index in [1.54, 1.807) is 18.2 Å². The molecule has 0 atom stereocenters. The monoisotopic (exact) mass is 325 g/mol. The van der Waals surface area contributed by atoms with Crippen molar-refractivity contribution in [3.05, 3.63) is 39.2 Å². The second-order valence-corrected chi connectivity index (χ2v) is 6.22. The molecule has 0 aliphatic carbocycles. The standard InChI is InChI=1S/C13H9Cl2N3OS/c1-6-4-8-11(17-13(16)18-12(8)20-6)19-10-3-2-7(14)5-9(10)15/h2-5H,1H3,(H2,16,17,18). The molecular weight excluding hydrogens is 317 g/mol. The average Bonchev–Trinajstić information content (AvgIpc) is 2.73. The fourth-order valence-electron chi connectivity index (χ4n) is 1.77. The minimum Gasteiger partial charge on any atom is -0.437 e. The smallest absolute Gasteiger partial charge is 0.232 e. The fourth-order valence-corrected chi connectivity index (χ4v) is 3.10. The summed E-state index contributed by atoms with van der Waals surface area (Å²) >= 11 is 13.5. The molecule has 7 heteroatoms. The van der Waals surface area contributed by atoms with Crippen LogP contribution in [0.5, 0.6) is 11.6 Å². The summed E-state index contributed by atoms with van der Waals surface area (Å²) in [6, 6.07) is 6.95. The number of anilines is 1. The van der Waals surface area contributed by atoms with Crippen molar-refractivity contribution in [2.45, 2.75) is 6.92 Å². The van der Waals surface area contributed by atoms with Crippen LogP contribution in [0.2, 0.25) is 10.0 Å². The first kappa shape index (κ1) is 13.4. The van der Waals surface area contributed by atoms with Gasteiger partial charge in [-0.15, -0.1) is 11.3 Å². The SMILES string of the molecule is Cc1cc2c(Oc3ccc(Cl)cc3Cl)nc(N)nc2s1. The van der Waals surface area contributed by atoms with E-state index in [9.17, 15) is 0 Å². The molecule has 0 unspecified atom stereocenters. The van der Waals surface area contributed by atoms with Crippen LogP contribution in [0.15, 0.2) is 24.3 Å². The van der Waals surface area contributed by atoms with Gasteiger partial charge in [0.2, 0.25) is 11.8 Å². The van der Waals surface area contributed by atoms with Gasteiger partial charge in [-0.25, -0.2) is 4.98 Å². The lowest BCUT2D eigenvalue weighted by Crippen LogP contribution is -1.97. The number of aromatic nitrogens is 2. The van der Waals surface area contributed by atoms with Crippen LogP contribution in [-0.4, -0.2) is 9.97 Å². The Hall–Kier alpha value is -1.56. The second-order valence-electron chi connectivity index (χ2n) is 4.14. The van der Waals surface area contributed by atoms with Gasteiger partial charge in [0.15, 0.2) is 0 Å². The first-order valence-corrected chi connectivity index (χ1v) is 7.27. The Balaban J connectivity index is 2.10. The molecule has 0 radical (unpaired) electrons. The summed E-state index contributed by atoms with van der Waals surface area (Å²) in [5.74, 6) is 1.03. The number of hydrogen-bond acceptors (Lipinski definition) is 5. The van der Waals surface area contributed by atoms with Crippen molar-refractivity contribution < 1.29 is 4.74 Å². The van der Waals surface area contributed by atoms with Gasteiger partial charge in [0.05, 0.1) is 10.4 Å². The summed E-state index contributed by atoms with van der Waals surface area (Å²) in [7, 11) is 0. The van der Waals surface area contributed by atoms with E-state index in [2.05, 4.69) is 9.97 Å². The highest BCUT2D eigenvalue weighted by Gasteiger charge is 2.13. The lowest BCUT2D eigenvalue weighted by atomic mass is 10.3. The van der Waals surface area contributed by atoms with Gasteiger partial charge in [-0.2, -0.15) is 4.98 Å². The summed E-state index contributed by atoms with van der Waals surface area (Å²) in [6.07, 6.45) is 0. The predicted molar refractivity (Wildman–Crippen MR) is 83.1 cm³/mol. The number of aryl methyl sites for hydroxylation is 1. The molecule has 3 rings (SSSR count). The zero-order chi connectivity index (χ0) is 14.3.